The molecule has 0 atom stereocenters. The summed E-state index contributed by atoms with van der Waals surface area (Å²) in [4.78, 5) is 0. The van der Waals surface area contributed by atoms with Gasteiger partial charge >= 0.3 is 102 Å². The van der Waals surface area contributed by atoms with Crippen LogP contribution in [0.2, 0.25) is 12.4 Å². The molecule has 0 unspecified atom stereocenters. The van der Waals surface area contributed by atoms with Crippen molar-refractivity contribution in [1.29, 1.82) is 0 Å². The van der Waals surface area contributed by atoms with Crippen LogP contribution in [-0.2, 0) is 17.9 Å². The van der Waals surface area contributed by atoms with E-state index >= 15 is 0 Å². The van der Waals surface area contributed by atoms with E-state index in [-0.39, 0.29) is 0 Å². The summed E-state index contributed by atoms with van der Waals surface area (Å²) in [6.45, 7) is 14.2. The molecule has 0 N–H and O–H groups in total. The summed E-state index contributed by atoms with van der Waals surface area (Å²) in [7, 11) is 0. The molecule has 0 aromatic rings. The van der Waals surface area contributed by atoms with Crippen LogP contribution in [0.5, 0.6) is 0 Å². The van der Waals surface area contributed by atoms with Crippen molar-refractivity contribution in [1.82, 2.24) is 0 Å². The van der Waals surface area contributed by atoms with E-state index < -0.39 is 17.9 Å². The topological polar surface area (TPSA) is 0 Å². The molecular formula is C12H27BrZr. The van der Waals surface area contributed by atoms with Crippen molar-refractivity contribution < 1.29 is 17.9 Å². The Balaban J connectivity index is 4.32. The second kappa shape index (κ2) is 6.84. The summed E-state index contributed by atoms with van der Waals surface area (Å²) >= 11 is 2.30. The molecule has 0 saturated carbocycles. The molecule has 2 heteroatoms. The van der Waals surface area contributed by atoms with Crippen LogP contribution in [0.1, 0.15) is 41.5 Å². The maximum absolute atomic E-state index is 4.20. The number of hydrogen-bond donors (Lipinski definition) is 0. The Labute approximate surface area is 101 Å². The molecule has 0 nitrogen and oxygen atoms in total. The fourth-order valence-corrected chi connectivity index (χ4v) is 26.0. The summed E-state index contributed by atoms with van der Waals surface area (Å²) in [6, 6.07) is 0. The first-order valence-corrected chi connectivity index (χ1v) is 16.8. The van der Waals surface area contributed by atoms with Crippen LogP contribution in [0.3, 0.4) is 0 Å². The Bertz CT molecular complexity index is 126. The van der Waals surface area contributed by atoms with Gasteiger partial charge < -0.3 is 0 Å². The molecule has 0 aromatic carbocycles. The molecule has 0 aromatic heterocycles. The van der Waals surface area contributed by atoms with E-state index in [9.17, 15) is 0 Å². The van der Waals surface area contributed by atoms with Crippen molar-refractivity contribution in [2.75, 3.05) is 0 Å². The Morgan fingerprint density at radius 3 is 1.07 bits per heavy atom. The van der Waals surface area contributed by atoms with Crippen LogP contribution in [0.25, 0.3) is 0 Å². The minimum atomic E-state index is -1.90. The molecular weight excluding hydrogens is 315 g/mol. The first-order chi connectivity index (χ1) is 6.25. The minimum absolute atomic E-state index is 0.877. The number of rotatable bonds is 6. The van der Waals surface area contributed by atoms with Gasteiger partial charge in [0.2, 0.25) is 0 Å². The third kappa shape index (κ3) is 7.63. The molecule has 0 radical (unpaired) electrons. The van der Waals surface area contributed by atoms with Gasteiger partial charge in [-0.05, 0) is 0 Å². The summed E-state index contributed by atoms with van der Waals surface area (Å²) in [5.74, 6) is 2.63. The summed E-state index contributed by atoms with van der Waals surface area (Å²) < 4.78 is 4.51. The van der Waals surface area contributed by atoms with Crippen molar-refractivity contribution >= 4 is 12.2 Å². The predicted molar refractivity (Wildman–Crippen MR) is 67.9 cm³/mol. The Hall–Kier alpha value is 1.36. The Morgan fingerprint density at radius 1 is 0.714 bits per heavy atom. The fraction of sp³-hybridized carbons (Fsp3) is 1.00. The quantitative estimate of drug-likeness (QED) is 0.583. The zero-order valence-electron chi connectivity index (χ0n) is 10.7. The molecule has 0 heterocycles. The first-order valence-electron chi connectivity index (χ1n) is 5.94. The molecule has 0 bridgehead atoms. The normalized spacial score (nSPS) is 13.3. The van der Waals surface area contributed by atoms with Gasteiger partial charge in [0.05, 0.1) is 0 Å². The van der Waals surface area contributed by atoms with E-state index in [0.717, 1.165) is 17.8 Å². The van der Waals surface area contributed by atoms with Gasteiger partial charge in [-0.1, -0.05) is 0 Å². The van der Waals surface area contributed by atoms with Gasteiger partial charge in [-0.15, -0.1) is 0 Å². The van der Waals surface area contributed by atoms with Crippen molar-refractivity contribution in [3.05, 3.63) is 0 Å². The molecule has 0 fully saturated rings. The first kappa shape index (κ1) is 15.4. The van der Waals surface area contributed by atoms with Crippen LogP contribution in [0.15, 0.2) is 0 Å². The fourth-order valence-electron chi connectivity index (χ4n) is 2.44. The third-order valence-electron chi connectivity index (χ3n) is 2.32. The summed E-state index contributed by atoms with van der Waals surface area (Å²) in [5, 5.41) is 0. The number of halogens is 1. The van der Waals surface area contributed by atoms with E-state index in [4.69, 9.17) is 0 Å². The molecule has 0 aliphatic heterocycles. The van der Waals surface area contributed by atoms with E-state index in [1.54, 1.807) is 0 Å². The van der Waals surface area contributed by atoms with Crippen LogP contribution in [0.4, 0.5) is 0 Å². The number of hydrogen-bond acceptors (Lipinski definition) is 0. The van der Waals surface area contributed by atoms with Gasteiger partial charge in [-0.2, -0.15) is 0 Å². The molecule has 0 spiro atoms. The molecule has 0 saturated heterocycles. The second-order valence-corrected chi connectivity index (χ2v) is 24.6. The van der Waals surface area contributed by atoms with Crippen molar-refractivity contribution in [3.63, 3.8) is 0 Å². The zero-order valence-corrected chi connectivity index (χ0v) is 14.8. The summed E-state index contributed by atoms with van der Waals surface area (Å²) in [6.07, 6.45) is 0. The van der Waals surface area contributed by atoms with Gasteiger partial charge in [0.25, 0.3) is 0 Å². The predicted octanol–water partition coefficient (Wildman–Crippen LogP) is 5.67. The van der Waals surface area contributed by atoms with Gasteiger partial charge in [-0.25, -0.2) is 0 Å². The maximum atomic E-state index is 4.20. The van der Waals surface area contributed by atoms with Gasteiger partial charge in [0.1, 0.15) is 0 Å². The van der Waals surface area contributed by atoms with Crippen molar-refractivity contribution in [3.8, 4) is 0 Å². The Kier molecular flexibility index (Phi) is 7.51. The molecule has 0 amide bonds. The second-order valence-electron chi connectivity index (χ2n) is 5.94. The third-order valence-corrected chi connectivity index (χ3v) is 19.5. The SMILES string of the molecule is CC(C)[CH2][Zr]([Br])([CH2]C(C)C)[CH2]C(C)C. The van der Waals surface area contributed by atoms with E-state index in [2.05, 4.69) is 53.8 Å². The van der Waals surface area contributed by atoms with Crippen molar-refractivity contribution in [2.45, 2.75) is 53.9 Å². The van der Waals surface area contributed by atoms with Crippen LogP contribution >= 0.6 is 12.2 Å². The van der Waals surface area contributed by atoms with Gasteiger partial charge in [0.15, 0.2) is 0 Å². The van der Waals surface area contributed by atoms with Gasteiger partial charge in [-0.3, -0.25) is 0 Å². The van der Waals surface area contributed by atoms with Crippen LogP contribution in [0, 0.1) is 17.8 Å². The zero-order chi connectivity index (χ0) is 11.4. The van der Waals surface area contributed by atoms with Crippen LogP contribution < -0.4 is 0 Å². The van der Waals surface area contributed by atoms with E-state index in [0.29, 0.717) is 0 Å². The monoisotopic (exact) mass is 340 g/mol. The molecule has 14 heavy (non-hydrogen) atoms. The van der Waals surface area contributed by atoms with E-state index in [1.807, 2.05) is 0 Å². The Morgan fingerprint density at radius 2 is 0.929 bits per heavy atom. The van der Waals surface area contributed by atoms with E-state index in [1.165, 1.54) is 12.4 Å². The standard InChI is InChI=1S/3C4H9.BrH.Zr/c3*1-4(2)3;;/h3*4H,1H2,2-3H3;1H;/q;;;;+1/p-1. The average Bonchev–Trinajstić information content (AvgIpc) is 1.76. The molecule has 0 rings (SSSR count). The molecule has 0 aliphatic rings. The van der Waals surface area contributed by atoms with Crippen molar-refractivity contribution in [2.24, 2.45) is 17.8 Å². The average molecular weight is 342 g/mol. The van der Waals surface area contributed by atoms with Crippen LogP contribution in [-0.4, -0.2) is 0 Å². The summed E-state index contributed by atoms with van der Waals surface area (Å²) in [5.41, 5.74) is 0. The molecule has 0 aliphatic carbocycles. The van der Waals surface area contributed by atoms with Gasteiger partial charge in [0, 0.05) is 0 Å². The molecule has 86 valence electrons.